The van der Waals surface area contributed by atoms with Crippen LogP contribution in [0.5, 0.6) is 0 Å². The Bertz CT molecular complexity index is 499. The lowest BCUT2D eigenvalue weighted by atomic mass is 9.90. The van der Waals surface area contributed by atoms with Gasteiger partial charge in [-0.1, -0.05) is 28.9 Å². The van der Waals surface area contributed by atoms with Gasteiger partial charge in [0.25, 0.3) is 0 Å². The van der Waals surface area contributed by atoms with Gasteiger partial charge in [-0.15, -0.1) is 0 Å². The van der Waals surface area contributed by atoms with Crippen LogP contribution in [0.4, 0.5) is 0 Å². The van der Waals surface area contributed by atoms with Crippen LogP contribution in [-0.4, -0.2) is 15.2 Å². The van der Waals surface area contributed by atoms with Crippen LogP contribution in [0.25, 0.3) is 0 Å². The molecular formula is C14H18BrNOS. The smallest absolute Gasteiger partial charge is 0.142 e. The third kappa shape index (κ3) is 3.09. The molecule has 1 aliphatic rings. The zero-order valence-electron chi connectivity index (χ0n) is 10.8. The van der Waals surface area contributed by atoms with Gasteiger partial charge >= 0.3 is 0 Å². The maximum Gasteiger partial charge on any atom is 0.142 e. The molecule has 0 radical (unpaired) electrons. The molecule has 0 saturated heterocycles. The van der Waals surface area contributed by atoms with E-state index < -0.39 is 11.0 Å². The molecular weight excluding hydrogens is 310 g/mol. The first-order valence-electron chi connectivity index (χ1n) is 6.39. The van der Waals surface area contributed by atoms with Crippen molar-refractivity contribution < 1.29 is 4.21 Å². The number of hydrogen-bond acceptors (Lipinski definition) is 1. The second-order valence-corrected chi connectivity index (χ2v) is 7.14. The highest BCUT2D eigenvalue weighted by Crippen LogP contribution is 2.25. The standard InChI is InChI=1S/C14H18BrNOS/c1-3-10(2)18(17)16-14-6-4-5-11-7-8-12(15)9-13(11)14/h7-10H,3-6H2,1-2H3/t10-,18?/m1/s1. The molecule has 0 heterocycles. The minimum absolute atomic E-state index is 0.134. The largest absolute Gasteiger partial charge is 0.235 e. The highest BCUT2D eigenvalue weighted by Gasteiger charge is 2.18. The Morgan fingerprint density at radius 2 is 2.22 bits per heavy atom. The molecule has 1 aromatic carbocycles. The van der Waals surface area contributed by atoms with E-state index >= 15 is 0 Å². The van der Waals surface area contributed by atoms with E-state index in [4.69, 9.17) is 0 Å². The van der Waals surface area contributed by atoms with E-state index in [0.717, 1.165) is 35.9 Å². The second kappa shape index (κ2) is 6.11. The molecule has 0 bridgehead atoms. The maximum atomic E-state index is 12.0. The monoisotopic (exact) mass is 327 g/mol. The Balaban J connectivity index is 2.35. The lowest BCUT2D eigenvalue weighted by Gasteiger charge is -2.18. The Morgan fingerprint density at radius 3 is 2.94 bits per heavy atom. The van der Waals surface area contributed by atoms with Crippen LogP contribution in [0.3, 0.4) is 0 Å². The van der Waals surface area contributed by atoms with Crippen molar-refractivity contribution in [1.82, 2.24) is 0 Å². The van der Waals surface area contributed by atoms with E-state index in [0.29, 0.717) is 0 Å². The number of benzene rings is 1. The molecule has 2 nitrogen and oxygen atoms in total. The van der Waals surface area contributed by atoms with Crippen molar-refractivity contribution in [2.45, 2.75) is 44.8 Å². The summed E-state index contributed by atoms with van der Waals surface area (Å²) < 4.78 is 17.6. The molecule has 1 unspecified atom stereocenters. The molecule has 4 heteroatoms. The predicted molar refractivity (Wildman–Crippen MR) is 81.5 cm³/mol. The van der Waals surface area contributed by atoms with Crippen molar-refractivity contribution in [3.8, 4) is 0 Å². The van der Waals surface area contributed by atoms with Gasteiger partial charge in [-0.05, 0) is 50.3 Å². The quantitative estimate of drug-likeness (QED) is 0.823. The van der Waals surface area contributed by atoms with Gasteiger partial charge in [-0.2, -0.15) is 4.40 Å². The summed E-state index contributed by atoms with van der Waals surface area (Å²) in [6, 6.07) is 6.30. The van der Waals surface area contributed by atoms with Gasteiger partial charge < -0.3 is 0 Å². The number of fused-ring (bicyclic) bond motifs is 1. The van der Waals surface area contributed by atoms with Gasteiger partial charge in [-0.25, -0.2) is 4.21 Å². The molecule has 0 amide bonds. The first-order valence-corrected chi connectivity index (χ1v) is 8.35. The molecule has 0 spiro atoms. The summed E-state index contributed by atoms with van der Waals surface area (Å²) in [6.07, 6.45) is 4.03. The fraction of sp³-hybridized carbons (Fsp3) is 0.500. The number of nitrogens with zero attached hydrogens (tertiary/aromatic N) is 1. The molecule has 18 heavy (non-hydrogen) atoms. The fourth-order valence-electron chi connectivity index (χ4n) is 2.05. The van der Waals surface area contributed by atoms with Crippen molar-refractivity contribution in [2.75, 3.05) is 0 Å². The molecule has 1 aromatic rings. The average Bonchev–Trinajstić information content (AvgIpc) is 2.38. The van der Waals surface area contributed by atoms with E-state index in [9.17, 15) is 4.21 Å². The molecule has 0 fully saturated rings. The summed E-state index contributed by atoms with van der Waals surface area (Å²) in [5.41, 5.74) is 3.51. The molecule has 98 valence electrons. The number of halogens is 1. The van der Waals surface area contributed by atoms with Crippen molar-refractivity contribution in [2.24, 2.45) is 4.40 Å². The molecule has 2 atom stereocenters. The van der Waals surface area contributed by atoms with Crippen LogP contribution >= 0.6 is 15.9 Å². The van der Waals surface area contributed by atoms with Crippen LogP contribution in [-0.2, 0) is 17.4 Å². The van der Waals surface area contributed by atoms with Crippen molar-refractivity contribution in [1.29, 1.82) is 0 Å². The first-order chi connectivity index (χ1) is 8.61. The van der Waals surface area contributed by atoms with E-state index in [1.807, 2.05) is 13.8 Å². The van der Waals surface area contributed by atoms with Gasteiger partial charge in [-0.3, -0.25) is 0 Å². The predicted octanol–water partition coefficient (Wildman–Crippen LogP) is 4.04. The van der Waals surface area contributed by atoms with E-state index in [-0.39, 0.29) is 5.25 Å². The average molecular weight is 328 g/mol. The molecule has 0 aromatic heterocycles. The maximum absolute atomic E-state index is 12.0. The van der Waals surface area contributed by atoms with Gasteiger partial charge in [0.05, 0.1) is 11.0 Å². The van der Waals surface area contributed by atoms with Crippen molar-refractivity contribution in [3.05, 3.63) is 33.8 Å². The lowest BCUT2D eigenvalue weighted by Crippen LogP contribution is -2.15. The molecule has 0 aliphatic heterocycles. The highest BCUT2D eigenvalue weighted by atomic mass is 79.9. The molecule has 0 N–H and O–H groups in total. The molecule has 0 saturated carbocycles. The normalized spacial score (nSPS) is 20.5. The number of hydrogen-bond donors (Lipinski definition) is 0. The van der Waals surface area contributed by atoms with Crippen molar-refractivity contribution >= 4 is 32.6 Å². The third-order valence-electron chi connectivity index (χ3n) is 3.36. The van der Waals surface area contributed by atoms with Crippen LogP contribution in [0.15, 0.2) is 27.1 Å². The topological polar surface area (TPSA) is 29.4 Å². The minimum atomic E-state index is -1.10. The van der Waals surface area contributed by atoms with Gasteiger partial charge in [0, 0.05) is 10.0 Å². The van der Waals surface area contributed by atoms with Gasteiger partial charge in [0.1, 0.15) is 11.0 Å². The Labute approximate surface area is 120 Å². The summed E-state index contributed by atoms with van der Waals surface area (Å²) in [5, 5.41) is 0.134. The van der Waals surface area contributed by atoms with Gasteiger partial charge in [0.15, 0.2) is 0 Å². The Kier molecular flexibility index (Phi) is 4.73. The number of aryl methyl sites for hydroxylation is 1. The molecule has 1 aliphatic carbocycles. The van der Waals surface area contributed by atoms with Crippen molar-refractivity contribution in [3.63, 3.8) is 0 Å². The first kappa shape index (κ1) is 13.9. The van der Waals surface area contributed by atoms with E-state index in [1.165, 1.54) is 11.1 Å². The summed E-state index contributed by atoms with van der Waals surface area (Å²) >= 11 is 3.50. The fourth-order valence-corrected chi connectivity index (χ4v) is 3.29. The molecule has 2 rings (SSSR count). The van der Waals surface area contributed by atoms with Crippen LogP contribution in [0.2, 0.25) is 0 Å². The summed E-state index contributed by atoms with van der Waals surface area (Å²) in [6.45, 7) is 4.04. The lowest BCUT2D eigenvalue weighted by molar-refractivity contribution is 0.671. The van der Waals surface area contributed by atoms with Crippen LogP contribution in [0, 0.1) is 0 Å². The summed E-state index contributed by atoms with van der Waals surface area (Å²) in [7, 11) is -1.10. The Morgan fingerprint density at radius 1 is 1.44 bits per heavy atom. The zero-order chi connectivity index (χ0) is 13.1. The van der Waals surface area contributed by atoms with Crippen LogP contribution < -0.4 is 0 Å². The second-order valence-electron chi connectivity index (χ2n) is 4.69. The Hall–Kier alpha value is -0.480. The summed E-state index contributed by atoms with van der Waals surface area (Å²) in [4.78, 5) is 0. The zero-order valence-corrected chi connectivity index (χ0v) is 13.2. The SMILES string of the molecule is CC[C@@H](C)S(=O)N=C1CCCc2ccc(Br)cc21. The summed E-state index contributed by atoms with van der Waals surface area (Å²) in [5.74, 6) is 0. The minimum Gasteiger partial charge on any atom is -0.235 e. The highest BCUT2D eigenvalue weighted by molar-refractivity contribution is 9.10. The van der Waals surface area contributed by atoms with E-state index in [1.54, 1.807) is 0 Å². The number of rotatable bonds is 3. The van der Waals surface area contributed by atoms with Crippen LogP contribution in [0.1, 0.15) is 44.2 Å². The van der Waals surface area contributed by atoms with Gasteiger partial charge in [0.2, 0.25) is 0 Å². The van der Waals surface area contributed by atoms with E-state index in [2.05, 4.69) is 38.5 Å². The third-order valence-corrected chi connectivity index (χ3v) is 5.28.